The van der Waals surface area contributed by atoms with Crippen LogP contribution in [-0.2, 0) is 4.74 Å². The lowest BCUT2D eigenvalue weighted by atomic mass is 9.97. The van der Waals surface area contributed by atoms with Gasteiger partial charge in [0.15, 0.2) is 0 Å². The summed E-state index contributed by atoms with van der Waals surface area (Å²) in [6, 6.07) is 6.02. The van der Waals surface area contributed by atoms with E-state index >= 15 is 0 Å². The van der Waals surface area contributed by atoms with Crippen LogP contribution in [0.5, 0.6) is 0 Å². The van der Waals surface area contributed by atoms with Crippen LogP contribution in [0.4, 0.5) is 0 Å². The third kappa shape index (κ3) is 4.34. The molecule has 1 aromatic rings. The Morgan fingerprint density at radius 3 is 2.76 bits per heavy atom. The number of hydrogen-bond donors (Lipinski definition) is 0. The van der Waals surface area contributed by atoms with Crippen LogP contribution in [0.3, 0.4) is 0 Å². The Hall–Kier alpha value is -1.79. The molecule has 1 saturated heterocycles. The van der Waals surface area contributed by atoms with Crippen molar-refractivity contribution in [3.8, 4) is 12.3 Å². The summed E-state index contributed by atoms with van der Waals surface area (Å²) in [5.74, 6) is 3.00. The van der Waals surface area contributed by atoms with Gasteiger partial charge in [0, 0.05) is 24.6 Å². The van der Waals surface area contributed by atoms with Crippen molar-refractivity contribution in [3.63, 3.8) is 0 Å². The zero-order valence-electron chi connectivity index (χ0n) is 12.9. The molecule has 1 unspecified atom stereocenters. The fraction of sp³-hybridized carbons (Fsp3) is 0.500. The Labute approximate surface area is 127 Å². The Bertz CT molecular complexity index is 524. The summed E-state index contributed by atoms with van der Waals surface area (Å²) in [6.45, 7) is 6.63. The highest BCUT2D eigenvalue weighted by Crippen LogP contribution is 2.20. The zero-order valence-corrected chi connectivity index (χ0v) is 12.9. The van der Waals surface area contributed by atoms with Crippen molar-refractivity contribution in [2.75, 3.05) is 26.3 Å². The molecule has 0 bridgehead atoms. The molecule has 1 atom stereocenters. The first-order chi connectivity index (χ1) is 10.1. The van der Waals surface area contributed by atoms with E-state index in [0.717, 1.165) is 42.6 Å². The van der Waals surface area contributed by atoms with Crippen molar-refractivity contribution in [1.29, 1.82) is 0 Å². The predicted octanol–water partition coefficient (Wildman–Crippen LogP) is 2.81. The molecule has 0 radical (unpaired) electrons. The fourth-order valence-corrected chi connectivity index (χ4v) is 2.95. The number of rotatable bonds is 4. The van der Waals surface area contributed by atoms with Gasteiger partial charge in [-0.15, -0.1) is 6.42 Å². The van der Waals surface area contributed by atoms with Crippen LogP contribution >= 0.6 is 0 Å². The SMILES string of the molecule is C#CCOCC1CCCN(C(=O)c2cc(C)cc(C)c2)C1. The van der Waals surface area contributed by atoms with E-state index in [0.29, 0.717) is 19.1 Å². The highest BCUT2D eigenvalue weighted by atomic mass is 16.5. The number of terminal acetylenes is 1. The Morgan fingerprint density at radius 1 is 1.38 bits per heavy atom. The number of ether oxygens (including phenoxy) is 1. The van der Waals surface area contributed by atoms with Crippen LogP contribution in [0, 0.1) is 32.1 Å². The van der Waals surface area contributed by atoms with Gasteiger partial charge < -0.3 is 9.64 Å². The van der Waals surface area contributed by atoms with Crippen molar-refractivity contribution in [3.05, 3.63) is 34.9 Å². The van der Waals surface area contributed by atoms with E-state index in [1.54, 1.807) is 0 Å². The molecule has 1 heterocycles. The molecular weight excluding hydrogens is 262 g/mol. The molecule has 112 valence electrons. The quantitative estimate of drug-likeness (QED) is 0.629. The monoisotopic (exact) mass is 285 g/mol. The zero-order chi connectivity index (χ0) is 15.2. The minimum absolute atomic E-state index is 0.128. The maximum atomic E-state index is 12.6. The second-order valence-electron chi connectivity index (χ2n) is 5.86. The molecule has 1 amide bonds. The second kappa shape index (κ2) is 7.28. The standard InChI is InChI=1S/C18H23NO2/c1-4-8-21-13-16-6-5-7-19(12-16)18(20)17-10-14(2)9-15(3)11-17/h1,9-11,16H,5-8,12-13H2,2-3H3. The van der Waals surface area contributed by atoms with E-state index < -0.39 is 0 Å². The molecule has 1 aliphatic heterocycles. The first kappa shape index (κ1) is 15.6. The van der Waals surface area contributed by atoms with Gasteiger partial charge in [0.1, 0.15) is 6.61 Å². The van der Waals surface area contributed by atoms with Gasteiger partial charge in [-0.2, -0.15) is 0 Å². The number of carbonyl (C=O) groups excluding carboxylic acids is 1. The number of amides is 1. The molecule has 21 heavy (non-hydrogen) atoms. The number of aryl methyl sites for hydroxylation is 2. The molecule has 3 heteroatoms. The molecule has 3 nitrogen and oxygen atoms in total. The van der Waals surface area contributed by atoms with Gasteiger partial charge in [-0.1, -0.05) is 23.1 Å². The maximum Gasteiger partial charge on any atom is 0.253 e. The molecule has 1 aliphatic rings. The minimum Gasteiger partial charge on any atom is -0.368 e. The summed E-state index contributed by atoms with van der Waals surface area (Å²) in [6.07, 6.45) is 7.31. The van der Waals surface area contributed by atoms with Crippen LogP contribution in [0.25, 0.3) is 0 Å². The Kier molecular flexibility index (Phi) is 5.41. The van der Waals surface area contributed by atoms with Crippen molar-refractivity contribution in [2.45, 2.75) is 26.7 Å². The number of benzene rings is 1. The molecule has 0 N–H and O–H groups in total. The first-order valence-corrected chi connectivity index (χ1v) is 7.49. The molecule has 0 saturated carbocycles. The predicted molar refractivity (Wildman–Crippen MR) is 84.2 cm³/mol. The first-order valence-electron chi connectivity index (χ1n) is 7.49. The molecule has 0 spiro atoms. The van der Waals surface area contributed by atoms with Crippen LogP contribution in [0.15, 0.2) is 18.2 Å². The molecule has 2 rings (SSSR count). The lowest BCUT2D eigenvalue weighted by Gasteiger charge is -2.32. The largest absolute Gasteiger partial charge is 0.368 e. The van der Waals surface area contributed by atoms with E-state index in [1.807, 2.05) is 30.9 Å². The lowest BCUT2D eigenvalue weighted by molar-refractivity contribution is 0.0534. The van der Waals surface area contributed by atoms with Gasteiger partial charge in [-0.25, -0.2) is 0 Å². The van der Waals surface area contributed by atoms with E-state index in [9.17, 15) is 4.79 Å². The fourth-order valence-electron chi connectivity index (χ4n) is 2.95. The summed E-state index contributed by atoms with van der Waals surface area (Å²) in [4.78, 5) is 14.6. The van der Waals surface area contributed by atoms with E-state index in [2.05, 4.69) is 12.0 Å². The number of piperidine rings is 1. The van der Waals surface area contributed by atoms with Gasteiger partial charge in [0.05, 0.1) is 6.61 Å². The summed E-state index contributed by atoms with van der Waals surface area (Å²) in [5, 5.41) is 0. The van der Waals surface area contributed by atoms with Crippen molar-refractivity contribution in [1.82, 2.24) is 4.90 Å². The third-order valence-corrected chi connectivity index (χ3v) is 3.81. The lowest BCUT2D eigenvalue weighted by Crippen LogP contribution is -2.41. The van der Waals surface area contributed by atoms with Crippen molar-refractivity contribution >= 4 is 5.91 Å². The molecular formula is C18H23NO2. The summed E-state index contributed by atoms with van der Waals surface area (Å²) >= 11 is 0. The average Bonchev–Trinajstić information content (AvgIpc) is 2.46. The highest BCUT2D eigenvalue weighted by molar-refractivity contribution is 5.94. The maximum absolute atomic E-state index is 12.6. The van der Waals surface area contributed by atoms with Gasteiger partial charge in [-0.3, -0.25) is 4.79 Å². The molecule has 0 aliphatic carbocycles. The van der Waals surface area contributed by atoms with Crippen LogP contribution in [-0.4, -0.2) is 37.1 Å². The van der Waals surface area contributed by atoms with Crippen molar-refractivity contribution < 1.29 is 9.53 Å². The average molecular weight is 285 g/mol. The summed E-state index contributed by atoms with van der Waals surface area (Å²) in [7, 11) is 0. The van der Waals surface area contributed by atoms with Crippen LogP contribution < -0.4 is 0 Å². The topological polar surface area (TPSA) is 29.5 Å². The third-order valence-electron chi connectivity index (χ3n) is 3.81. The molecule has 1 aromatic carbocycles. The van der Waals surface area contributed by atoms with Crippen LogP contribution in [0.1, 0.15) is 34.3 Å². The number of nitrogens with zero attached hydrogens (tertiary/aromatic N) is 1. The van der Waals surface area contributed by atoms with Crippen LogP contribution in [0.2, 0.25) is 0 Å². The highest BCUT2D eigenvalue weighted by Gasteiger charge is 2.24. The van der Waals surface area contributed by atoms with Gasteiger partial charge in [0.2, 0.25) is 0 Å². The molecule has 0 aromatic heterocycles. The minimum atomic E-state index is 0.128. The van der Waals surface area contributed by atoms with Gasteiger partial charge in [-0.05, 0) is 38.8 Å². The normalized spacial score (nSPS) is 18.3. The Balaban J connectivity index is 2.00. The second-order valence-corrected chi connectivity index (χ2v) is 5.86. The van der Waals surface area contributed by atoms with E-state index in [1.165, 1.54) is 0 Å². The number of likely N-dealkylation sites (tertiary alicyclic amines) is 1. The van der Waals surface area contributed by atoms with Gasteiger partial charge in [0.25, 0.3) is 5.91 Å². The van der Waals surface area contributed by atoms with Crippen molar-refractivity contribution in [2.24, 2.45) is 5.92 Å². The van der Waals surface area contributed by atoms with E-state index in [-0.39, 0.29) is 5.91 Å². The molecule has 1 fully saturated rings. The summed E-state index contributed by atoms with van der Waals surface area (Å²) < 4.78 is 5.42. The van der Waals surface area contributed by atoms with Gasteiger partial charge >= 0.3 is 0 Å². The number of carbonyl (C=O) groups is 1. The van der Waals surface area contributed by atoms with E-state index in [4.69, 9.17) is 11.2 Å². The summed E-state index contributed by atoms with van der Waals surface area (Å²) in [5.41, 5.74) is 3.05. The Morgan fingerprint density at radius 2 is 2.10 bits per heavy atom. The number of hydrogen-bond acceptors (Lipinski definition) is 2. The smallest absolute Gasteiger partial charge is 0.253 e.